The predicted octanol–water partition coefficient (Wildman–Crippen LogP) is 5.08. The van der Waals surface area contributed by atoms with Crippen molar-refractivity contribution in [2.75, 3.05) is 13.2 Å². The Morgan fingerprint density at radius 2 is 1.64 bits per heavy atom. The van der Waals surface area contributed by atoms with Gasteiger partial charge in [0.05, 0.1) is 4.90 Å². The Labute approximate surface area is 275 Å². The van der Waals surface area contributed by atoms with Gasteiger partial charge in [-0.1, -0.05) is 48.5 Å². The van der Waals surface area contributed by atoms with Crippen molar-refractivity contribution >= 4 is 28.0 Å². The summed E-state index contributed by atoms with van der Waals surface area (Å²) < 4.78 is 40.7. The van der Waals surface area contributed by atoms with Crippen molar-refractivity contribution in [3.8, 4) is 16.9 Å². The van der Waals surface area contributed by atoms with Gasteiger partial charge in [0, 0.05) is 24.4 Å². The minimum absolute atomic E-state index is 0.0753. The number of nitrogens with zero attached hydrogens (tertiary/aromatic N) is 1. The zero-order valence-corrected chi connectivity index (χ0v) is 28.2. The van der Waals surface area contributed by atoms with Crippen LogP contribution in [-0.2, 0) is 26.0 Å². The van der Waals surface area contributed by atoms with Gasteiger partial charge in [-0.2, -0.15) is 0 Å². The number of fused-ring (bicyclic) bond motifs is 4. The molecule has 5 rings (SSSR count). The molecule has 2 aliphatic rings. The van der Waals surface area contributed by atoms with Crippen LogP contribution in [0.25, 0.3) is 11.1 Å². The van der Waals surface area contributed by atoms with E-state index < -0.39 is 33.7 Å². The molecule has 1 unspecified atom stereocenters. The largest absolute Gasteiger partial charge is 0.487 e. The van der Waals surface area contributed by atoms with Crippen LogP contribution in [-0.4, -0.2) is 56.3 Å². The van der Waals surface area contributed by atoms with Crippen LogP contribution in [0.1, 0.15) is 72.4 Å². The summed E-state index contributed by atoms with van der Waals surface area (Å²) in [6.07, 6.45) is 0.725. The standard InChI is InChI=1S/C35H42N4O7S/c1-20-21(2)31(22(3)27-18-35(4,5)46-30(20)27)47(43,44)39-33(36)37-17-11-10-16-29(32(40)41)38-34(42)45-19-28-25-14-8-6-12-23(25)24-13-7-9-15-26(24)28/h6-9,12-15,28-29H,10-11,16-19H2,1-5H3,(H,38,42)(H,40,41)(H3,36,37,39). The molecule has 3 aromatic rings. The Bertz CT molecular complexity index is 1810. The highest BCUT2D eigenvalue weighted by Crippen LogP contribution is 2.45. The predicted molar refractivity (Wildman–Crippen MR) is 179 cm³/mol. The average molecular weight is 663 g/mol. The smallest absolute Gasteiger partial charge is 0.407 e. The third kappa shape index (κ3) is 7.07. The lowest BCUT2D eigenvalue weighted by molar-refractivity contribution is -0.139. The van der Waals surface area contributed by atoms with E-state index in [9.17, 15) is 23.1 Å². The Hall–Kier alpha value is -4.58. The van der Waals surface area contributed by atoms with Crippen molar-refractivity contribution in [2.24, 2.45) is 10.7 Å². The molecule has 0 saturated heterocycles. The molecule has 1 aliphatic heterocycles. The van der Waals surface area contributed by atoms with E-state index in [-0.39, 0.29) is 36.3 Å². The fourth-order valence-electron chi connectivity index (χ4n) is 6.57. The van der Waals surface area contributed by atoms with Gasteiger partial charge in [0.25, 0.3) is 10.0 Å². The normalized spacial score (nSPS) is 15.6. The van der Waals surface area contributed by atoms with Crippen molar-refractivity contribution in [2.45, 2.75) is 82.8 Å². The minimum atomic E-state index is -4.03. The lowest BCUT2D eigenvalue weighted by Crippen LogP contribution is -2.41. The maximum atomic E-state index is 13.4. The summed E-state index contributed by atoms with van der Waals surface area (Å²) in [5.74, 6) is -0.847. The van der Waals surface area contributed by atoms with E-state index in [1.165, 1.54) is 0 Å². The van der Waals surface area contributed by atoms with Crippen LogP contribution in [0.2, 0.25) is 0 Å². The molecule has 1 aliphatic carbocycles. The van der Waals surface area contributed by atoms with Gasteiger partial charge in [-0.15, -0.1) is 0 Å². The number of carboxylic acids is 1. The number of guanidine groups is 1. The molecule has 1 heterocycles. The van der Waals surface area contributed by atoms with Crippen LogP contribution < -0.4 is 20.5 Å². The zero-order chi connectivity index (χ0) is 34.1. The van der Waals surface area contributed by atoms with Gasteiger partial charge in [0.2, 0.25) is 5.96 Å². The van der Waals surface area contributed by atoms with Gasteiger partial charge in [-0.05, 0) is 92.8 Å². The number of aliphatic carboxylic acids is 1. The van der Waals surface area contributed by atoms with Gasteiger partial charge in [-0.25, -0.2) is 22.7 Å². The summed E-state index contributed by atoms with van der Waals surface area (Å²) in [7, 11) is -4.03. The lowest BCUT2D eigenvalue weighted by atomic mass is 9.94. The number of carbonyl (C=O) groups is 2. The van der Waals surface area contributed by atoms with E-state index in [0.717, 1.165) is 39.1 Å². The number of hydrogen-bond acceptors (Lipinski definition) is 7. The first-order valence-electron chi connectivity index (χ1n) is 15.7. The third-order valence-electron chi connectivity index (χ3n) is 8.92. The fourth-order valence-corrected chi connectivity index (χ4v) is 8.09. The molecule has 5 N–H and O–H groups in total. The number of carboxylic acid groups (broad SMARTS) is 1. The van der Waals surface area contributed by atoms with Crippen molar-refractivity contribution in [1.82, 2.24) is 10.0 Å². The maximum absolute atomic E-state index is 13.4. The van der Waals surface area contributed by atoms with Crippen LogP contribution >= 0.6 is 0 Å². The monoisotopic (exact) mass is 662 g/mol. The lowest BCUT2D eigenvalue weighted by Gasteiger charge is -2.19. The van der Waals surface area contributed by atoms with Crippen LogP contribution in [0.5, 0.6) is 5.75 Å². The number of aliphatic imine (C=N–C) groups is 1. The second-order valence-corrected chi connectivity index (χ2v) is 14.4. The Morgan fingerprint density at radius 1 is 1.02 bits per heavy atom. The highest BCUT2D eigenvalue weighted by molar-refractivity contribution is 7.90. The quantitative estimate of drug-likeness (QED) is 0.125. The summed E-state index contributed by atoms with van der Waals surface area (Å²) in [6, 6.07) is 14.7. The van der Waals surface area contributed by atoms with E-state index in [1.54, 1.807) is 13.8 Å². The van der Waals surface area contributed by atoms with E-state index in [0.29, 0.717) is 30.4 Å². The average Bonchev–Trinajstić information content (AvgIpc) is 3.51. The summed E-state index contributed by atoms with van der Waals surface area (Å²) in [5, 5.41) is 12.1. The third-order valence-corrected chi connectivity index (χ3v) is 10.5. The van der Waals surface area contributed by atoms with Crippen molar-refractivity contribution in [1.29, 1.82) is 0 Å². The number of rotatable bonds is 11. The molecular weight excluding hydrogens is 620 g/mol. The number of hydrogen-bond donors (Lipinski definition) is 4. The second kappa shape index (κ2) is 13.3. The van der Waals surface area contributed by atoms with Gasteiger partial charge in [0.1, 0.15) is 24.0 Å². The molecule has 0 bridgehead atoms. The Kier molecular flexibility index (Phi) is 9.53. The molecule has 11 nitrogen and oxygen atoms in total. The molecule has 0 aromatic heterocycles. The number of nitrogens with one attached hydrogen (secondary N) is 2. The number of unbranched alkanes of at least 4 members (excludes halogenated alkanes) is 1. The highest BCUT2D eigenvalue weighted by atomic mass is 32.2. The van der Waals surface area contributed by atoms with Gasteiger partial charge >= 0.3 is 12.1 Å². The number of nitrogens with two attached hydrogens (primary N) is 1. The Balaban J connectivity index is 1.12. The zero-order valence-electron chi connectivity index (χ0n) is 27.3. The van der Waals surface area contributed by atoms with Crippen LogP contribution in [0, 0.1) is 20.8 Å². The number of ether oxygens (including phenoxy) is 2. The van der Waals surface area contributed by atoms with Crippen molar-refractivity contribution in [3.05, 3.63) is 81.9 Å². The van der Waals surface area contributed by atoms with Crippen molar-refractivity contribution < 1.29 is 32.6 Å². The van der Waals surface area contributed by atoms with E-state index in [2.05, 4.69) is 15.0 Å². The first-order chi connectivity index (χ1) is 22.2. The second-order valence-electron chi connectivity index (χ2n) is 12.8. The molecule has 47 heavy (non-hydrogen) atoms. The van der Waals surface area contributed by atoms with E-state index in [1.807, 2.05) is 69.3 Å². The van der Waals surface area contributed by atoms with Crippen LogP contribution in [0.3, 0.4) is 0 Å². The summed E-state index contributed by atoms with van der Waals surface area (Å²) in [5.41, 5.74) is 12.7. The van der Waals surface area contributed by atoms with Gasteiger partial charge < -0.3 is 25.6 Å². The first-order valence-corrected chi connectivity index (χ1v) is 17.2. The minimum Gasteiger partial charge on any atom is -0.487 e. The molecule has 0 radical (unpaired) electrons. The number of alkyl carbamates (subject to hydrolysis) is 1. The van der Waals surface area contributed by atoms with Gasteiger partial charge in [-0.3, -0.25) is 4.99 Å². The maximum Gasteiger partial charge on any atom is 0.407 e. The van der Waals surface area contributed by atoms with Gasteiger partial charge in [0.15, 0.2) is 0 Å². The molecule has 12 heteroatoms. The fraction of sp³-hybridized carbons (Fsp3) is 0.400. The summed E-state index contributed by atoms with van der Waals surface area (Å²) in [4.78, 5) is 28.8. The SMILES string of the molecule is Cc1c(C)c(S(=O)(=O)NC(N)=NCCCCC(NC(=O)OCC2c3ccccc3-c3ccccc32)C(=O)O)c(C)c2c1OC(C)(C)C2. The Morgan fingerprint density at radius 3 is 2.26 bits per heavy atom. The highest BCUT2D eigenvalue weighted by Gasteiger charge is 2.37. The number of carbonyl (C=O) groups excluding carboxylic acids is 1. The molecule has 250 valence electrons. The molecule has 1 amide bonds. The molecule has 0 spiro atoms. The first kappa shape index (κ1) is 33.8. The topological polar surface area (TPSA) is 169 Å². The van der Waals surface area contributed by atoms with E-state index in [4.69, 9.17) is 15.2 Å². The molecule has 1 atom stereocenters. The molecule has 0 saturated carbocycles. The van der Waals surface area contributed by atoms with Crippen LogP contribution in [0.15, 0.2) is 58.4 Å². The van der Waals surface area contributed by atoms with E-state index >= 15 is 0 Å². The molecule has 0 fully saturated rings. The van der Waals surface area contributed by atoms with Crippen molar-refractivity contribution in [3.63, 3.8) is 0 Å². The van der Waals surface area contributed by atoms with Crippen LogP contribution in [0.4, 0.5) is 4.79 Å². The number of amides is 1. The number of benzene rings is 3. The molecule has 3 aromatic carbocycles. The summed E-state index contributed by atoms with van der Waals surface area (Å²) in [6.45, 7) is 9.53. The molecular formula is C35H42N4O7S. The summed E-state index contributed by atoms with van der Waals surface area (Å²) >= 11 is 0. The number of sulfonamides is 1.